The average Bonchev–Trinajstić information content (AvgIpc) is 3.06. The van der Waals surface area contributed by atoms with Crippen molar-refractivity contribution in [3.63, 3.8) is 0 Å². The number of aromatic nitrogens is 4. The third-order valence-electron chi connectivity index (χ3n) is 5.57. The third kappa shape index (κ3) is 3.21. The van der Waals surface area contributed by atoms with Crippen LogP contribution in [-0.4, -0.2) is 26.3 Å². The first kappa shape index (κ1) is 16.3. The van der Waals surface area contributed by atoms with E-state index in [4.69, 9.17) is 4.98 Å². The van der Waals surface area contributed by atoms with Gasteiger partial charge in [0, 0.05) is 24.2 Å². The number of rotatable bonds is 6. The molecule has 1 saturated carbocycles. The molecule has 0 spiro atoms. The van der Waals surface area contributed by atoms with Crippen molar-refractivity contribution in [2.75, 3.05) is 6.54 Å². The van der Waals surface area contributed by atoms with E-state index in [1.165, 1.54) is 29.7 Å². The van der Waals surface area contributed by atoms with Gasteiger partial charge in [-0.15, -0.1) is 0 Å². The monoisotopic (exact) mass is 337 g/mol. The molecule has 0 unspecified atom stereocenters. The number of benzene rings is 1. The van der Waals surface area contributed by atoms with Gasteiger partial charge in [-0.1, -0.05) is 6.07 Å². The average molecular weight is 337 g/mol. The molecule has 0 bridgehead atoms. The molecule has 25 heavy (non-hydrogen) atoms. The quantitative estimate of drug-likeness (QED) is 0.723. The van der Waals surface area contributed by atoms with Crippen LogP contribution in [0.3, 0.4) is 0 Å². The number of fused-ring (bicyclic) bond motifs is 1. The Kier molecular flexibility index (Phi) is 3.91. The molecule has 1 aliphatic carbocycles. The summed E-state index contributed by atoms with van der Waals surface area (Å²) in [7, 11) is 0. The van der Waals surface area contributed by atoms with Gasteiger partial charge >= 0.3 is 0 Å². The Morgan fingerprint density at radius 2 is 2.00 bits per heavy atom. The number of hydrogen-bond donors (Lipinski definition) is 2. The van der Waals surface area contributed by atoms with Crippen molar-refractivity contribution < 1.29 is 0 Å². The third-order valence-corrected chi connectivity index (χ3v) is 5.57. The molecule has 0 aliphatic heterocycles. The summed E-state index contributed by atoms with van der Waals surface area (Å²) in [5.41, 5.74) is 7.51. The molecule has 132 valence electrons. The minimum atomic E-state index is 0.363. The zero-order valence-corrected chi connectivity index (χ0v) is 15.6. The first-order valence-corrected chi connectivity index (χ1v) is 9.12. The molecule has 1 fully saturated rings. The van der Waals surface area contributed by atoms with Crippen LogP contribution in [-0.2, 0) is 13.1 Å². The summed E-state index contributed by atoms with van der Waals surface area (Å²) in [6, 6.07) is 6.43. The molecule has 0 radical (unpaired) electrons. The second-order valence-corrected chi connectivity index (χ2v) is 7.78. The van der Waals surface area contributed by atoms with E-state index in [0.717, 1.165) is 42.2 Å². The summed E-state index contributed by atoms with van der Waals surface area (Å²) < 4.78 is 2.16. The molecule has 5 heteroatoms. The van der Waals surface area contributed by atoms with Gasteiger partial charge < -0.3 is 10.3 Å². The predicted octanol–water partition coefficient (Wildman–Crippen LogP) is 3.56. The van der Waals surface area contributed by atoms with Crippen LogP contribution in [0.5, 0.6) is 0 Å². The minimum Gasteiger partial charge on any atom is -0.341 e. The van der Waals surface area contributed by atoms with Crippen molar-refractivity contribution in [3.05, 3.63) is 46.5 Å². The second-order valence-electron chi connectivity index (χ2n) is 7.78. The highest BCUT2D eigenvalue weighted by Gasteiger charge is 2.43. The SMILES string of the molecule is Cc1cc(C)n(CC2(CNCc3nc4c(C)c(C)ccc4[nH]3)CC2)n1. The molecule has 0 amide bonds. The smallest absolute Gasteiger partial charge is 0.121 e. The zero-order chi connectivity index (χ0) is 17.6. The molecule has 4 rings (SSSR count). The Morgan fingerprint density at radius 3 is 2.68 bits per heavy atom. The van der Waals surface area contributed by atoms with Crippen LogP contribution in [0, 0.1) is 33.1 Å². The second kappa shape index (κ2) is 5.99. The maximum absolute atomic E-state index is 4.78. The van der Waals surface area contributed by atoms with Gasteiger partial charge in [0.25, 0.3) is 0 Å². The van der Waals surface area contributed by atoms with Gasteiger partial charge in [-0.05, 0) is 63.8 Å². The number of H-pyrrole nitrogens is 1. The maximum atomic E-state index is 4.78. The van der Waals surface area contributed by atoms with Gasteiger partial charge in [0.1, 0.15) is 5.82 Å². The summed E-state index contributed by atoms with van der Waals surface area (Å²) >= 11 is 0. The molecule has 1 aliphatic rings. The molecular formula is C20H27N5. The Bertz CT molecular complexity index is 914. The van der Waals surface area contributed by atoms with E-state index in [9.17, 15) is 0 Å². The summed E-state index contributed by atoms with van der Waals surface area (Å²) in [4.78, 5) is 8.22. The van der Waals surface area contributed by atoms with Crippen molar-refractivity contribution in [3.8, 4) is 0 Å². The normalized spacial score (nSPS) is 15.8. The van der Waals surface area contributed by atoms with Gasteiger partial charge in [-0.25, -0.2) is 4.98 Å². The van der Waals surface area contributed by atoms with E-state index in [1.807, 2.05) is 0 Å². The van der Waals surface area contributed by atoms with E-state index < -0.39 is 0 Å². The predicted molar refractivity (Wildman–Crippen MR) is 101 cm³/mol. The molecule has 0 saturated heterocycles. The lowest BCUT2D eigenvalue weighted by Gasteiger charge is -2.16. The highest BCUT2D eigenvalue weighted by molar-refractivity contribution is 5.79. The van der Waals surface area contributed by atoms with E-state index in [2.05, 4.69) is 66.0 Å². The standard InChI is InChI=1S/C20H27N5/c1-13-5-6-17-19(16(13)4)23-18(22-17)10-21-11-20(7-8-20)12-25-15(3)9-14(2)24-25/h5-6,9,21H,7-8,10-12H2,1-4H3,(H,22,23). The minimum absolute atomic E-state index is 0.363. The van der Waals surface area contributed by atoms with E-state index in [0.29, 0.717) is 5.41 Å². The molecule has 2 aromatic heterocycles. The Labute approximate surface area is 148 Å². The highest BCUT2D eigenvalue weighted by atomic mass is 15.3. The summed E-state index contributed by atoms with van der Waals surface area (Å²) in [6.45, 7) is 11.3. The molecule has 2 N–H and O–H groups in total. The lowest BCUT2D eigenvalue weighted by Crippen LogP contribution is -2.28. The van der Waals surface area contributed by atoms with E-state index >= 15 is 0 Å². The van der Waals surface area contributed by atoms with Crippen LogP contribution in [0.2, 0.25) is 0 Å². The van der Waals surface area contributed by atoms with Gasteiger partial charge in [-0.2, -0.15) is 5.10 Å². The fraction of sp³-hybridized carbons (Fsp3) is 0.500. The molecule has 1 aromatic carbocycles. The van der Waals surface area contributed by atoms with Gasteiger partial charge in [-0.3, -0.25) is 4.68 Å². The largest absolute Gasteiger partial charge is 0.341 e. The number of hydrogen-bond acceptors (Lipinski definition) is 3. The van der Waals surface area contributed by atoms with Crippen LogP contribution in [0.25, 0.3) is 11.0 Å². The van der Waals surface area contributed by atoms with E-state index in [1.54, 1.807) is 0 Å². The first-order valence-electron chi connectivity index (χ1n) is 9.12. The summed E-state index contributed by atoms with van der Waals surface area (Å²) in [5, 5.41) is 8.23. The Balaban J connectivity index is 1.39. The van der Waals surface area contributed by atoms with Crippen molar-refractivity contribution in [1.29, 1.82) is 0 Å². The molecule has 2 heterocycles. The van der Waals surface area contributed by atoms with Gasteiger partial charge in [0.2, 0.25) is 0 Å². The molecule has 5 nitrogen and oxygen atoms in total. The molecular weight excluding hydrogens is 310 g/mol. The van der Waals surface area contributed by atoms with Crippen LogP contribution < -0.4 is 5.32 Å². The van der Waals surface area contributed by atoms with Crippen molar-refractivity contribution in [2.24, 2.45) is 5.41 Å². The summed E-state index contributed by atoms with van der Waals surface area (Å²) in [6.07, 6.45) is 2.55. The van der Waals surface area contributed by atoms with Crippen molar-refractivity contribution in [2.45, 2.75) is 53.6 Å². The van der Waals surface area contributed by atoms with Gasteiger partial charge in [0.15, 0.2) is 0 Å². The van der Waals surface area contributed by atoms with Crippen molar-refractivity contribution >= 4 is 11.0 Å². The van der Waals surface area contributed by atoms with Crippen molar-refractivity contribution in [1.82, 2.24) is 25.1 Å². The van der Waals surface area contributed by atoms with Crippen LogP contribution >= 0.6 is 0 Å². The van der Waals surface area contributed by atoms with Crippen LogP contribution in [0.15, 0.2) is 18.2 Å². The summed E-state index contributed by atoms with van der Waals surface area (Å²) in [5.74, 6) is 1.02. The molecule has 0 atom stereocenters. The lowest BCUT2D eigenvalue weighted by atomic mass is 10.1. The van der Waals surface area contributed by atoms with E-state index in [-0.39, 0.29) is 0 Å². The number of aromatic amines is 1. The first-order chi connectivity index (χ1) is 12.0. The molecule has 3 aromatic rings. The zero-order valence-electron chi connectivity index (χ0n) is 15.6. The number of imidazole rings is 1. The lowest BCUT2D eigenvalue weighted by molar-refractivity contribution is 0.366. The maximum Gasteiger partial charge on any atom is 0.121 e. The van der Waals surface area contributed by atoms with Crippen LogP contribution in [0.4, 0.5) is 0 Å². The number of aryl methyl sites for hydroxylation is 4. The van der Waals surface area contributed by atoms with Gasteiger partial charge in [0.05, 0.1) is 23.3 Å². The Morgan fingerprint density at radius 1 is 1.20 bits per heavy atom. The van der Waals surface area contributed by atoms with Crippen LogP contribution in [0.1, 0.15) is 41.2 Å². The topological polar surface area (TPSA) is 58.5 Å². The fourth-order valence-corrected chi connectivity index (χ4v) is 3.61. The highest BCUT2D eigenvalue weighted by Crippen LogP contribution is 2.46. The number of nitrogens with zero attached hydrogens (tertiary/aromatic N) is 3. The number of nitrogens with one attached hydrogen (secondary N) is 2. The fourth-order valence-electron chi connectivity index (χ4n) is 3.61. The Hall–Kier alpha value is -2.14.